The third-order valence-corrected chi connectivity index (χ3v) is 3.12. The molecule has 4 heteroatoms. The zero-order valence-electron chi connectivity index (χ0n) is 11.9. The number of amides is 1. The second-order valence-corrected chi connectivity index (χ2v) is 4.76. The van der Waals surface area contributed by atoms with Crippen molar-refractivity contribution >= 4 is 5.91 Å². The number of rotatable bonds is 6. The normalized spacial score (nSPS) is 10.2. The van der Waals surface area contributed by atoms with Gasteiger partial charge in [-0.1, -0.05) is 24.3 Å². The van der Waals surface area contributed by atoms with Gasteiger partial charge < -0.3 is 10.1 Å². The van der Waals surface area contributed by atoms with E-state index in [9.17, 15) is 9.18 Å². The lowest BCUT2D eigenvalue weighted by Gasteiger charge is -2.07. The van der Waals surface area contributed by atoms with E-state index in [0.29, 0.717) is 19.4 Å². The van der Waals surface area contributed by atoms with Crippen molar-refractivity contribution in [3.05, 3.63) is 65.5 Å². The maximum absolute atomic E-state index is 13.0. The average molecular weight is 287 g/mol. The quantitative estimate of drug-likeness (QED) is 0.887. The smallest absolute Gasteiger partial charge is 0.224 e. The monoisotopic (exact) mass is 287 g/mol. The van der Waals surface area contributed by atoms with E-state index in [1.165, 1.54) is 12.1 Å². The third kappa shape index (κ3) is 4.91. The second kappa shape index (κ2) is 7.43. The van der Waals surface area contributed by atoms with Gasteiger partial charge in [0.15, 0.2) is 0 Å². The lowest BCUT2D eigenvalue weighted by Crippen LogP contribution is -2.27. The van der Waals surface area contributed by atoms with Crippen LogP contribution in [-0.4, -0.2) is 19.6 Å². The van der Waals surface area contributed by atoms with Crippen molar-refractivity contribution in [1.82, 2.24) is 5.32 Å². The molecule has 2 rings (SSSR count). The van der Waals surface area contributed by atoms with Gasteiger partial charge in [-0.25, -0.2) is 4.39 Å². The largest absolute Gasteiger partial charge is 0.497 e. The molecule has 0 fully saturated rings. The van der Waals surface area contributed by atoms with E-state index >= 15 is 0 Å². The van der Waals surface area contributed by atoms with Crippen LogP contribution < -0.4 is 10.1 Å². The van der Waals surface area contributed by atoms with E-state index in [1.807, 2.05) is 30.3 Å². The van der Waals surface area contributed by atoms with E-state index in [4.69, 9.17) is 4.74 Å². The van der Waals surface area contributed by atoms with Crippen LogP contribution in [-0.2, 0) is 17.6 Å². The van der Waals surface area contributed by atoms with E-state index in [0.717, 1.165) is 16.9 Å². The summed E-state index contributed by atoms with van der Waals surface area (Å²) in [6.45, 7) is 0.492. The molecule has 0 aliphatic carbocycles. The molecule has 0 aromatic heterocycles. The van der Waals surface area contributed by atoms with Gasteiger partial charge in [0.25, 0.3) is 0 Å². The van der Waals surface area contributed by atoms with Gasteiger partial charge in [-0.05, 0) is 41.8 Å². The molecule has 0 atom stereocenters. The van der Waals surface area contributed by atoms with Gasteiger partial charge in [0.05, 0.1) is 13.5 Å². The van der Waals surface area contributed by atoms with Gasteiger partial charge in [-0.3, -0.25) is 4.79 Å². The van der Waals surface area contributed by atoms with Crippen molar-refractivity contribution in [2.24, 2.45) is 0 Å². The average Bonchev–Trinajstić information content (AvgIpc) is 2.47. The van der Waals surface area contributed by atoms with Gasteiger partial charge in [-0.15, -0.1) is 0 Å². The van der Waals surface area contributed by atoms with Crippen molar-refractivity contribution in [2.45, 2.75) is 12.8 Å². The van der Waals surface area contributed by atoms with Crippen LogP contribution in [0.15, 0.2) is 48.5 Å². The zero-order chi connectivity index (χ0) is 15.1. The Labute approximate surface area is 123 Å². The highest BCUT2D eigenvalue weighted by molar-refractivity contribution is 5.78. The Balaban J connectivity index is 1.79. The summed E-state index contributed by atoms with van der Waals surface area (Å²) in [6, 6.07) is 13.8. The highest BCUT2D eigenvalue weighted by Crippen LogP contribution is 2.12. The predicted octanol–water partition coefficient (Wildman–Crippen LogP) is 2.74. The van der Waals surface area contributed by atoms with Crippen molar-refractivity contribution < 1.29 is 13.9 Å². The Hall–Kier alpha value is -2.36. The lowest BCUT2D eigenvalue weighted by atomic mass is 10.1. The Morgan fingerprint density at radius 3 is 2.67 bits per heavy atom. The van der Waals surface area contributed by atoms with E-state index < -0.39 is 0 Å². The van der Waals surface area contributed by atoms with E-state index in [-0.39, 0.29) is 11.7 Å². The second-order valence-electron chi connectivity index (χ2n) is 4.76. The molecular formula is C17H18FNO2. The zero-order valence-corrected chi connectivity index (χ0v) is 11.9. The minimum Gasteiger partial charge on any atom is -0.497 e. The number of halogens is 1. The maximum Gasteiger partial charge on any atom is 0.224 e. The molecule has 0 saturated heterocycles. The molecule has 1 amide bonds. The van der Waals surface area contributed by atoms with Crippen molar-refractivity contribution in [2.75, 3.05) is 13.7 Å². The SMILES string of the molecule is COc1cccc(CC(=O)NCCc2cccc(F)c2)c1. The van der Waals surface area contributed by atoms with Gasteiger partial charge >= 0.3 is 0 Å². The fourth-order valence-corrected chi connectivity index (χ4v) is 2.07. The molecule has 3 nitrogen and oxygen atoms in total. The molecule has 0 saturated carbocycles. The first-order valence-electron chi connectivity index (χ1n) is 6.81. The lowest BCUT2D eigenvalue weighted by molar-refractivity contribution is -0.120. The van der Waals surface area contributed by atoms with Crippen LogP contribution in [0.4, 0.5) is 4.39 Å². The summed E-state index contributed by atoms with van der Waals surface area (Å²) >= 11 is 0. The Bertz CT molecular complexity index is 613. The van der Waals surface area contributed by atoms with Crippen molar-refractivity contribution in [1.29, 1.82) is 0 Å². The molecule has 21 heavy (non-hydrogen) atoms. The maximum atomic E-state index is 13.0. The Morgan fingerprint density at radius 1 is 1.14 bits per heavy atom. The molecule has 1 N–H and O–H groups in total. The molecule has 0 heterocycles. The van der Waals surface area contributed by atoms with Gasteiger partial charge in [0, 0.05) is 6.54 Å². The molecule has 2 aromatic carbocycles. The topological polar surface area (TPSA) is 38.3 Å². The Kier molecular flexibility index (Phi) is 5.32. The van der Waals surface area contributed by atoms with Crippen LogP contribution in [0.1, 0.15) is 11.1 Å². The third-order valence-electron chi connectivity index (χ3n) is 3.12. The molecule has 0 unspecified atom stereocenters. The van der Waals surface area contributed by atoms with Crippen molar-refractivity contribution in [3.8, 4) is 5.75 Å². The van der Waals surface area contributed by atoms with Crippen molar-refractivity contribution in [3.63, 3.8) is 0 Å². The first kappa shape index (κ1) is 15.0. The fourth-order valence-electron chi connectivity index (χ4n) is 2.07. The molecular weight excluding hydrogens is 269 g/mol. The summed E-state index contributed by atoms with van der Waals surface area (Å²) in [5.74, 6) is 0.426. The number of ether oxygens (including phenoxy) is 1. The summed E-state index contributed by atoms with van der Waals surface area (Å²) in [6.07, 6.45) is 0.919. The summed E-state index contributed by atoms with van der Waals surface area (Å²) in [7, 11) is 1.60. The van der Waals surface area contributed by atoms with Crippen LogP contribution >= 0.6 is 0 Å². The van der Waals surface area contributed by atoms with Crippen LogP contribution in [0.2, 0.25) is 0 Å². The van der Waals surface area contributed by atoms with E-state index in [2.05, 4.69) is 5.32 Å². The van der Waals surface area contributed by atoms with E-state index in [1.54, 1.807) is 13.2 Å². The van der Waals surface area contributed by atoms with Crippen LogP contribution in [0.25, 0.3) is 0 Å². The minimum absolute atomic E-state index is 0.0559. The molecule has 0 aliphatic heterocycles. The first-order valence-corrected chi connectivity index (χ1v) is 6.81. The predicted molar refractivity (Wildman–Crippen MR) is 79.8 cm³/mol. The molecule has 0 radical (unpaired) electrons. The highest BCUT2D eigenvalue weighted by Gasteiger charge is 2.04. The number of benzene rings is 2. The Morgan fingerprint density at radius 2 is 1.90 bits per heavy atom. The van der Waals surface area contributed by atoms with Crippen LogP contribution in [0, 0.1) is 5.82 Å². The molecule has 0 bridgehead atoms. The van der Waals surface area contributed by atoms with Gasteiger partial charge in [0.2, 0.25) is 5.91 Å². The summed E-state index contributed by atoms with van der Waals surface area (Å²) in [5.41, 5.74) is 1.77. The molecule has 0 aliphatic rings. The molecule has 0 spiro atoms. The number of carbonyl (C=O) groups excluding carboxylic acids is 1. The van der Waals surface area contributed by atoms with Crippen LogP contribution in [0.5, 0.6) is 5.75 Å². The number of carbonyl (C=O) groups is 1. The number of nitrogens with one attached hydrogen (secondary N) is 1. The number of hydrogen-bond donors (Lipinski definition) is 1. The van der Waals surface area contributed by atoms with Gasteiger partial charge in [-0.2, -0.15) is 0 Å². The van der Waals surface area contributed by atoms with Crippen LogP contribution in [0.3, 0.4) is 0 Å². The summed E-state index contributed by atoms with van der Waals surface area (Å²) < 4.78 is 18.1. The van der Waals surface area contributed by atoms with Gasteiger partial charge in [0.1, 0.15) is 11.6 Å². The number of hydrogen-bond acceptors (Lipinski definition) is 2. The molecule has 2 aromatic rings. The first-order chi connectivity index (χ1) is 10.2. The summed E-state index contributed by atoms with van der Waals surface area (Å²) in [4.78, 5) is 11.8. The number of methoxy groups -OCH3 is 1. The molecule has 110 valence electrons. The summed E-state index contributed by atoms with van der Waals surface area (Å²) in [5, 5.41) is 2.83. The minimum atomic E-state index is -0.254. The standard InChI is InChI=1S/C17H18FNO2/c1-21-16-7-3-5-14(11-16)12-17(20)19-9-8-13-4-2-6-15(18)10-13/h2-7,10-11H,8-9,12H2,1H3,(H,19,20). The fraction of sp³-hybridized carbons (Fsp3) is 0.235. The highest BCUT2D eigenvalue weighted by atomic mass is 19.1.